The molecule has 4 bridgehead atoms. The second-order valence-corrected chi connectivity index (χ2v) is 14.0. The van der Waals surface area contributed by atoms with Crippen LogP contribution < -0.4 is 0 Å². The van der Waals surface area contributed by atoms with E-state index in [-0.39, 0.29) is 16.9 Å². The molecule has 7 fully saturated rings. The molecule has 0 aromatic rings. The van der Waals surface area contributed by atoms with Crippen molar-refractivity contribution in [3.05, 3.63) is 11.6 Å². The van der Waals surface area contributed by atoms with Gasteiger partial charge >= 0.3 is 6.16 Å². The van der Waals surface area contributed by atoms with Crippen LogP contribution in [0.5, 0.6) is 0 Å². The van der Waals surface area contributed by atoms with E-state index in [1.54, 1.807) is 0 Å². The Hall–Kier alpha value is -1.32. The Morgan fingerprint density at radius 1 is 0.941 bits per heavy atom. The third-order valence-corrected chi connectivity index (χ3v) is 12.1. The topological polar surface area (TPSA) is 52.6 Å². The van der Waals surface area contributed by atoms with E-state index in [2.05, 4.69) is 6.92 Å². The molecule has 8 aliphatic carbocycles. The molecule has 0 amide bonds. The van der Waals surface area contributed by atoms with Crippen LogP contribution in [0.25, 0.3) is 0 Å². The summed E-state index contributed by atoms with van der Waals surface area (Å²) >= 11 is 0. The van der Waals surface area contributed by atoms with Gasteiger partial charge in [0, 0.05) is 17.3 Å². The first-order valence-electron chi connectivity index (χ1n) is 14.5. The van der Waals surface area contributed by atoms with Gasteiger partial charge in [-0.1, -0.05) is 12.5 Å². The summed E-state index contributed by atoms with van der Waals surface area (Å²) in [7, 11) is 0. The zero-order chi connectivity index (χ0) is 23.1. The number of ketones is 1. The lowest BCUT2D eigenvalue weighted by molar-refractivity contribution is -0.116. The minimum atomic E-state index is -0.399. The third kappa shape index (κ3) is 3.44. The zero-order valence-corrected chi connectivity index (χ0v) is 20.9. The summed E-state index contributed by atoms with van der Waals surface area (Å²) in [5.74, 6) is 5.71. The summed E-state index contributed by atoms with van der Waals surface area (Å²) < 4.78 is 12.0. The SMILES string of the molecule is C[C@]12CC[C@H]3[C@@H](CCC4=CC(=O)CC[C@@H]43)[C@@H]1CC[C@@H]2OC(=O)OCC12CC3CC(CC(C3)C1)C2. The summed E-state index contributed by atoms with van der Waals surface area (Å²) in [4.78, 5) is 24.9. The molecule has 0 saturated heterocycles. The molecule has 8 rings (SSSR count). The summed E-state index contributed by atoms with van der Waals surface area (Å²) in [6, 6.07) is 0. The molecule has 0 unspecified atom stereocenters. The van der Waals surface area contributed by atoms with Crippen LogP contribution >= 0.6 is 0 Å². The zero-order valence-electron chi connectivity index (χ0n) is 20.9. The molecule has 0 aliphatic heterocycles. The second kappa shape index (κ2) is 7.84. The first-order valence-corrected chi connectivity index (χ1v) is 14.5. The van der Waals surface area contributed by atoms with Gasteiger partial charge in [0.1, 0.15) is 12.7 Å². The van der Waals surface area contributed by atoms with Crippen molar-refractivity contribution in [3.63, 3.8) is 0 Å². The number of carbonyl (C=O) groups is 2. The molecule has 0 spiro atoms. The van der Waals surface area contributed by atoms with Crippen molar-refractivity contribution >= 4 is 11.9 Å². The number of ether oxygens (including phenoxy) is 2. The van der Waals surface area contributed by atoms with Gasteiger partial charge in [-0.15, -0.1) is 0 Å². The molecule has 8 aliphatic rings. The van der Waals surface area contributed by atoms with Crippen molar-refractivity contribution in [1.29, 1.82) is 0 Å². The van der Waals surface area contributed by atoms with E-state index in [1.165, 1.54) is 63.4 Å². The Morgan fingerprint density at radius 3 is 2.41 bits per heavy atom. The predicted molar refractivity (Wildman–Crippen MR) is 129 cm³/mol. The number of allylic oxidation sites excluding steroid dienone is 1. The molecular weight excluding hydrogens is 424 g/mol. The summed E-state index contributed by atoms with van der Waals surface area (Å²) in [5.41, 5.74) is 1.79. The number of fused-ring (bicyclic) bond motifs is 5. The van der Waals surface area contributed by atoms with Gasteiger partial charge < -0.3 is 9.47 Å². The van der Waals surface area contributed by atoms with E-state index in [4.69, 9.17) is 9.47 Å². The van der Waals surface area contributed by atoms with E-state index in [9.17, 15) is 9.59 Å². The van der Waals surface area contributed by atoms with Crippen molar-refractivity contribution in [2.24, 2.45) is 52.3 Å². The lowest BCUT2D eigenvalue weighted by atomic mass is 9.50. The van der Waals surface area contributed by atoms with E-state index in [0.717, 1.165) is 61.7 Å². The maximum Gasteiger partial charge on any atom is 0.508 e. The van der Waals surface area contributed by atoms with Gasteiger partial charge in [0.25, 0.3) is 0 Å². The summed E-state index contributed by atoms with van der Waals surface area (Å²) in [5, 5.41) is 0. The van der Waals surface area contributed by atoms with Crippen molar-refractivity contribution in [3.8, 4) is 0 Å². The summed E-state index contributed by atoms with van der Waals surface area (Å²) in [6.07, 6.45) is 18.3. The van der Waals surface area contributed by atoms with Gasteiger partial charge in [-0.05, 0) is 131 Å². The van der Waals surface area contributed by atoms with Crippen LogP contribution in [0, 0.1) is 52.3 Å². The Balaban J connectivity index is 0.991. The number of hydrogen-bond acceptors (Lipinski definition) is 4. The van der Waals surface area contributed by atoms with Crippen LogP contribution in [0.2, 0.25) is 0 Å². The highest BCUT2D eigenvalue weighted by Crippen LogP contribution is 2.63. The summed E-state index contributed by atoms with van der Waals surface area (Å²) in [6.45, 7) is 2.98. The van der Waals surface area contributed by atoms with E-state index < -0.39 is 6.16 Å². The minimum absolute atomic E-state index is 0.00665. The van der Waals surface area contributed by atoms with Crippen LogP contribution in [0.3, 0.4) is 0 Å². The second-order valence-electron chi connectivity index (χ2n) is 14.0. The van der Waals surface area contributed by atoms with Crippen LogP contribution in [0.15, 0.2) is 11.6 Å². The minimum Gasteiger partial charge on any atom is -0.434 e. The molecular formula is C30H42O4. The van der Waals surface area contributed by atoms with Gasteiger partial charge in [0.2, 0.25) is 0 Å². The van der Waals surface area contributed by atoms with Gasteiger partial charge in [-0.25, -0.2) is 4.79 Å². The highest BCUT2D eigenvalue weighted by molar-refractivity contribution is 5.91. The molecule has 4 heteroatoms. The molecule has 6 atom stereocenters. The molecule has 0 radical (unpaired) electrons. The van der Waals surface area contributed by atoms with Crippen LogP contribution in [0.4, 0.5) is 4.79 Å². The van der Waals surface area contributed by atoms with E-state index >= 15 is 0 Å². The standard InChI is InChI=1S/C30H42O4/c1-29-9-8-24-23-5-3-22(31)13-21(23)2-4-25(24)26(29)6-7-27(29)34-28(32)33-17-30-14-18-10-19(15-30)12-20(11-18)16-30/h13,18-20,23-27H,2-12,14-17H2,1H3/t18?,19?,20?,23-,24+,25+,26-,27-,29-,30?/m0/s1. The molecule has 4 nitrogen and oxygen atoms in total. The monoisotopic (exact) mass is 466 g/mol. The van der Waals surface area contributed by atoms with Crippen LogP contribution in [0.1, 0.15) is 96.8 Å². The van der Waals surface area contributed by atoms with Crippen molar-refractivity contribution in [2.45, 2.75) is 103 Å². The van der Waals surface area contributed by atoms with Crippen molar-refractivity contribution in [2.75, 3.05) is 6.61 Å². The molecule has 34 heavy (non-hydrogen) atoms. The van der Waals surface area contributed by atoms with Gasteiger partial charge in [-0.3, -0.25) is 4.79 Å². The number of rotatable bonds is 3. The van der Waals surface area contributed by atoms with Gasteiger partial charge in [-0.2, -0.15) is 0 Å². The van der Waals surface area contributed by atoms with E-state index in [0.29, 0.717) is 24.2 Å². The molecule has 186 valence electrons. The van der Waals surface area contributed by atoms with Crippen LogP contribution in [-0.4, -0.2) is 24.6 Å². The molecule has 0 N–H and O–H groups in total. The molecule has 0 aromatic carbocycles. The fourth-order valence-corrected chi connectivity index (χ4v) is 11.2. The Labute approximate surface area is 204 Å². The third-order valence-electron chi connectivity index (χ3n) is 12.1. The number of carbonyl (C=O) groups excluding carboxylic acids is 2. The van der Waals surface area contributed by atoms with Crippen molar-refractivity contribution in [1.82, 2.24) is 0 Å². The van der Waals surface area contributed by atoms with Crippen molar-refractivity contribution < 1.29 is 19.1 Å². The predicted octanol–water partition coefficient (Wildman–Crippen LogP) is 6.87. The molecule has 0 aromatic heterocycles. The fourth-order valence-electron chi connectivity index (χ4n) is 11.2. The quantitative estimate of drug-likeness (QED) is 0.426. The maximum atomic E-state index is 12.9. The lowest BCUT2D eigenvalue weighted by Gasteiger charge is -2.56. The molecule has 0 heterocycles. The average Bonchev–Trinajstić information content (AvgIpc) is 3.12. The normalized spacial score (nSPS) is 50.7. The highest BCUT2D eigenvalue weighted by atomic mass is 16.7. The van der Waals surface area contributed by atoms with Gasteiger partial charge in [0.05, 0.1) is 0 Å². The highest BCUT2D eigenvalue weighted by Gasteiger charge is 2.58. The first kappa shape index (κ1) is 21.9. The largest absolute Gasteiger partial charge is 0.508 e. The lowest BCUT2D eigenvalue weighted by Crippen LogP contribution is -2.49. The Morgan fingerprint density at radius 2 is 1.68 bits per heavy atom. The Kier molecular flexibility index (Phi) is 5.05. The average molecular weight is 467 g/mol. The fraction of sp³-hybridized carbons (Fsp3) is 0.867. The van der Waals surface area contributed by atoms with Gasteiger partial charge in [0.15, 0.2) is 5.78 Å². The number of hydrogen-bond donors (Lipinski definition) is 0. The van der Waals surface area contributed by atoms with Crippen LogP contribution in [-0.2, 0) is 14.3 Å². The van der Waals surface area contributed by atoms with E-state index in [1.807, 2.05) is 6.08 Å². The maximum absolute atomic E-state index is 12.9. The first-order chi connectivity index (χ1) is 16.4. The smallest absolute Gasteiger partial charge is 0.434 e. The Bertz CT molecular complexity index is 868. The molecule has 7 saturated carbocycles.